The Morgan fingerprint density at radius 2 is 1.84 bits per heavy atom. The minimum Gasteiger partial charge on any atom is -1.00 e. The van der Waals surface area contributed by atoms with Crippen molar-refractivity contribution in [3.8, 4) is 0 Å². The molecule has 0 bridgehead atoms. The number of benzene rings is 1. The lowest BCUT2D eigenvalue weighted by Gasteiger charge is -2.28. The average molecular weight is 483 g/mol. The first-order chi connectivity index (χ1) is 15.0. The first-order valence-corrected chi connectivity index (χ1v) is 12.5. The molecule has 1 saturated carbocycles. The molecule has 7 nitrogen and oxygen atoms in total. The Kier molecular flexibility index (Phi) is 10.8. The minimum atomic E-state index is -0.721. The van der Waals surface area contributed by atoms with Crippen LogP contribution in [0.1, 0.15) is 43.2 Å². The highest BCUT2D eigenvalue weighted by molar-refractivity contribution is 7.98. The van der Waals surface area contributed by atoms with Gasteiger partial charge in [0.15, 0.2) is 0 Å². The molecule has 0 aromatic heterocycles. The summed E-state index contributed by atoms with van der Waals surface area (Å²) in [5.74, 6) is -0.192. The lowest BCUT2D eigenvalue weighted by molar-refractivity contribution is -0.143. The molecule has 0 spiro atoms. The second-order valence-corrected chi connectivity index (χ2v) is 9.54. The average Bonchev–Trinajstić information content (AvgIpc) is 2.79. The van der Waals surface area contributed by atoms with Crippen molar-refractivity contribution in [3.63, 3.8) is 0 Å². The highest BCUT2D eigenvalue weighted by Crippen LogP contribution is 2.28. The van der Waals surface area contributed by atoms with Gasteiger partial charge in [-0.3, -0.25) is 14.4 Å². The number of nitrogens with one attached hydrogen (secondary N) is 3. The number of halogens is 1. The Hall–Kier alpha value is -1.77. The Bertz CT molecular complexity index is 786. The topological polar surface area (TPSA) is 108 Å². The Morgan fingerprint density at radius 1 is 1.16 bits per heavy atom. The number of hydrogen-bond acceptors (Lipinski definition) is 5. The van der Waals surface area contributed by atoms with E-state index in [0.29, 0.717) is 44.7 Å². The fourth-order valence-electron chi connectivity index (χ4n) is 4.40. The van der Waals surface area contributed by atoms with E-state index < -0.39 is 12.0 Å². The Balaban J connectivity index is 0.00000363. The van der Waals surface area contributed by atoms with Gasteiger partial charge in [-0.05, 0) is 67.6 Å². The van der Waals surface area contributed by atoms with Crippen molar-refractivity contribution in [2.24, 2.45) is 11.8 Å². The molecule has 1 aromatic carbocycles. The van der Waals surface area contributed by atoms with Crippen LogP contribution in [0.3, 0.4) is 0 Å². The van der Waals surface area contributed by atoms with Crippen molar-refractivity contribution in [1.29, 1.82) is 0 Å². The second kappa shape index (κ2) is 13.1. The van der Waals surface area contributed by atoms with Gasteiger partial charge in [0.05, 0.1) is 12.0 Å². The highest BCUT2D eigenvalue weighted by Gasteiger charge is 2.29. The number of amides is 2. The molecule has 2 atom stereocenters. The van der Waals surface area contributed by atoms with Crippen LogP contribution in [0.2, 0.25) is 0 Å². The van der Waals surface area contributed by atoms with E-state index >= 15 is 0 Å². The van der Waals surface area contributed by atoms with E-state index in [1.165, 1.54) is 11.1 Å². The van der Waals surface area contributed by atoms with Gasteiger partial charge in [0.25, 0.3) is 0 Å². The van der Waals surface area contributed by atoms with Gasteiger partial charge in [-0.15, -0.1) is 0 Å². The standard InChI is InChI=1S/C23H33N3O4S.ClH/c1-31-11-10-19(21(27)25-13-15-6-8-16(9-7-15)23(29)30)26-22(28)20-12-17-4-2-3-5-18(17)14-24-20;/h2-5,15-16,19-20,24H,6-14H2,1H3,(H,25,27)(H,26,28)(H,29,30);1H/p-1/t15?,16?,19-,20-;/m0./s1. The van der Waals surface area contributed by atoms with Gasteiger partial charge in [-0.25, -0.2) is 0 Å². The molecule has 4 N–H and O–H groups in total. The van der Waals surface area contributed by atoms with Crippen LogP contribution < -0.4 is 28.4 Å². The zero-order chi connectivity index (χ0) is 22.2. The molecule has 2 amide bonds. The number of carboxylic acid groups (broad SMARTS) is 1. The zero-order valence-electron chi connectivity index (χ0n) is 18.4. The monoisotopic (exact) mass is 482 g/mol. The van der Waals surface area contributed by atoms with Gasteiger partial charge in [-0.2, -0.15) is 11.8 Å². The lowest BCUT2D eigenvalue weighted by Crippen LogP contribution is -3.00. The highest BCUT2D eigenvalue weighted by atomic mass is 35.5. The van der Waals surface area contributed by atoms with Crippen molar-refractivity contribution in [2.75, 3.05) is 18.6 Å². The molecule has 9 heteroatoms. The van der Waals surface area contributed by atoms with Crippen LogP contribution in [0.4, 0.5) is 0 Å². The van der Waals surface area contributed by atoms with Crippen LogP contribution in [0.5, 0.6) is 0 Å². The molecular formula is C23H33ClN3O4S-. The first kappa shape index (κ1) is 26.5. The molecule has 1 aliphatic carbocycles. The molecule has 1 aromatic rings. The number of rotatable bonds is 9. The fourth-order valence-corrected chi connectivity index (χ4v) is 4.87. The summed E-state index contributed by atoms with van der Waals surface area (Å²) in [6, 6.07) is 7.19. The Labute approximate surface area is 200 Å². The molecule has 2 aliphatic rings. The molecule has 1 fully saturated rings. The SMILES string of the molecule is CSCC[C@H](NC(=O)[C@@H]1Cc2ccccc2CN1)C(=O)NCC1CCC(C(=O)O)CC1.[Cl-]. The summed E-state index contributed by atoms with van der Waals surface area (Å²) in [5, 5.41) is 18.4. The van der Waals surface area contributed by atoms with E-state index in [9.17, 15) is 14.4 Å². The van der Waals surface area contributed by atoms with Crippen molar-refractivity contribution in [1.82, 2.24) is 16.0 Å². The van der Waals surface area contributed by atoms with Gasteiger partial charge >= 0.3 is 5.97 Å². The molecular weight excluding hydrogens is 450 g/mol. The molecule has 3 rings (SSSR count). The van der Waals surface area contributed by atoms with Crippen molar-refractivity contribution >= 4 is 29.5 Å². The van der Waals surface area contributed by atoms with Crippen molar-refractivity contribution in [3.05, 3.63) is 35.4 Å². The number of thioether (sulfide) groups is 1. The third kappa shape index (κ3) is 7.39. The molecule has 178 valence electrons. The minimum absolute atomic E-state index is 0. The number of carbonyl (C=O) groups is 3. The fraction of sp³-hybridized carbons (Fsp3) is 0.609. The number of carbonyl (C=O) groups excluding carboxylic acids is 2. The van der Waals surface area contributed by atoms with Gasteiger partial charge < -0.3 is 33.5 Å². The number of carboxylic acids is 1. The summed E-state index contributed by atoms with van der Waals surface area (Å²) >= 11 is 1.65. The maximum Gasteiger partial charge on any atom is 0.306 e. The van der Waals surface area contributed by atoms with Crippen LogP contribution in [-0.4, -0.2) is 53.5 Å². The van der Waals surface area contributed by atoms with E-state index in [1.807, 2.05) is 24.5 Å². The zero-order valence-corrected chi connectivity index (χ0v) is 20.0. The van der Waals surface area contributed by atoms with E-state index in [4.69, 9.17) is 5.11 Å². The van der Waals surface area contributed by atoms with Crippen LogP contribution in [0.15, 0.2) is 24.3 Å². The van der Waals surface area contributed by atoms with E-state index in [-0.39, 0.29) is 36.2 Å². The summed E-state index contributed by atoms with van der Waals surface area (Å²) in [6.45, 7) is 1.18. The summed E-state index contributed by atoms with van der Waals surface area (Å²) in [7, 11) is 0. The second-order valence-electron chi connectivity index (χ2n) is 8.55. The molecule has 1 heterocycles. The van der Waals surface area contributed by atoms with Gasteiger partial charge in [0.1, 0.15) is 6.04 Å². The smallest absolute Gasteiger partial charge is 0.306 e. The molecule has 0 saturated heterocycles. The predicted octanol–water partition coefficient (Wildman–Crippen LogP) is -1.05. The Morgan fingerprint density at radius 3 is 2.50 bits per heavy atom. The van der Waals surface area contributed by atoms with Crippen molar-refractivity contribution < 1.29 is 31.9 Å². The van der Waals surface area contributed by atoms with Crippen LogP contribution in [-0.2, 0) is 27.3 Å². The van der Waals surface area contributed by atoms with Crippen LogP contribution in [0.25, 0.3) is 0 Å². The van der Waals surface area contributed by atoms with Crippen molar-refractivity contribution in [2.45, 2.75) is 57.2 Å². The van der Waals surface area contributed by atoms with Crippen LogP contribution in [0, 0.1) is 11.8 Å². The van der Waals surface area contributed by atoms with Crippen LogP contribution >= 0.6 is 11.8 Å². The summed E-state index contributed by atoms with van der Waals surface area (Å²) < 4.78 is 0. The lowest BCUT2D eigenvalue weighted by atomic mass is 9.82. The maximum atomic E-state index is 12.9. The normalized spacial score (nSPS) is 23.2. The number of fused-ring (bicyclic) bond motifs is 1. The van der Waals surface area contributed by atoms with Gasteiger partial charge in [0, 0.05) is 13.1 Å². The molecule has 1 aliphatic heterocycles. The summed E-state index contributed by atoms with van der Waals surface area (Å²) in [5.41, 5.74) is 2.38. The summed E-state index contributed by atoms with van der Waals surface area (Å²) in [6.07, 6.45) is 6.13. The van der Waals surface area contributed by atoms with Gasteiger partial charge in [0.2, 0.25) is 11.8 Å². The third-order valence-electron chi connectivity index (χ3n) is 6.40. The predicted molar refractivity (Wildman–Crippen MR) is 122 cm³/mol. The van der Waals surface area contributed by atoms with Gasteiger partial charge in [-0.1, -0.05) is 24.3 Å². The third-order valence-corrected chi connectivity index (χ3v) is 7.05. The molecule has 32 heavy (non-hydrogen) atoms. The summed E-state index contributed by atoms with van der Waals surface area (Å²) in [4.78, 5) is 36.8. The molecule has 0 unspecified atom stereocenters. The number of hydrogen-bond donors (Lipinski definition) is 4. The molecule has 0 radical (unpaired) electrons. The first-order valence-electron chi connectivity index (χ1n) is 11.1. The largest absolute Gasteiger partial charge is 1.00 e. The maximum absolute atomic E-state index is 12.9. The quantitative estimate of drug-likeness (QED) is 0.358. The van der Waals surface area contributed by atoms with E-state index in [1.54, 1.807) is 11.8 Å². The van der Waals surface area contributed by atoms with E-state index in [0.717, 1.165) is 18.6 Å². The van der Waals surface area contributed by atoms with E-state index in [2.05, 4.69) is 22.0 Å². The number of aliphatic carboxylic acids is 1.